The van der Waals surface area contributed by atoms with Gasteiger partial charge in [-0.15, -0.1) is 11.3 Å². The average Bonchev–Trinajstić information content (AvgIpc) is 2.93. The lowest BCUT2D eigenvalue weighted by Crippen LogP contribution is -2.00. The lowest BCUT2D eigenvalue weighted by Gasteiger charge is -2.06. The molecule has 4 nitrogen and oxygen atoms in total. The minimum atomic E-state index is -0.867. The van der Waals surface area contributed by atoms with Crippen molar-refractivity contribution in [3.05, 3.63) is 63.5 Å². The van der Waals surface area contributed by atoms with E-state index in [4.69, 9.17) is 11.6 Å². The molecule has 128 valence electrons. The summed E-state index contributed by atoms with van der Waals surface area (Å²) < 4.78 is 0. The molecule has 1 aromatic heterocycles. The van der Waals surface area contributed by atoms with Crippen molar-refractivity contribution in [1.29, 1.82) is 0 Å². The van der Waals surface area contributed by atoms with E-state index in [1.807, 2.05) is 44.2 Å². The molecule has 0 radical (unpaired) electrons. The fourth-order valence-corrected chi connectivity index (χ4v) is 3.63. The predicted molar refractivity (Wildman–Crippen MR) is 103 cm³/mol. The molecule has 2 aromatic carbocycles. The van der Waals surface area contributed by atoms with Crippen LogP contribution in [0, 0.1) is 13.8 Å². The number of hydrogen-bond acceptors (Lipinski definition) is 4. The zero-order valence-corrected chi connectivity index (χ0v) is 15.4. The Balaban J connectivity index is 2.01. The topological polar surface area (TPSA) is 62.2 Å². The van der Waals surface area contributed by atoms with Crippen molar-refractivity contribution < 1.29 is 9.90 Å². The summed E-state index contributed by atoms with van der Waals surface area (Å²) in [5.41, 5.74) is 4.73. The van der Waals surface area contributed by atoms with Gasteiger partial charge in [0, 0.05) is 21.2 Å². The standard InChI is InChI=1S/C19H17ClN2O2S/c1-11-3-4-12(2)15(9-11)18-16(10-17(23)24)25-19(22-18)21-14-7-5-13(20)6-8-14/h3-9H,10H2,1-2H3,(H,21,22)(H,23,24). The summed E-state index contributed by atoms with van der Waals surface area (Å²) in [4.78, 5) is 16.7. The first-order valence-electron chi connectivity index (χ1n) is 7.74. The van der Waals surface area contributed by atoms with Crippen molar-refractivity contribution in [1.82, 2.24) is 4.98 Å². The first-order valence-corrected chi connectivity index (χ1v) is 8.93. The molecular weight excluding hydrogens is 356 g/mol. The van der Waals surface area contributed by atoms with Crippen LogP contribution in [0.4, 0.5) is 10.8 Å². The van der Waals surface area contributed by atoms with Crippen LogP contribution in [-0.4, -0.2) is 16.1 Å². The van der Waals surface area contributed by atoms with Gasteiger partial charge in [-0.3, -0.25) is 4.79 Å². The van der Waals surface area contributed by atoms with E-state index in [0.717, 1.165) is 32.9 Å². The summed E-state index contributed by atoms with van der Waals surface area (Å²) in [7, 11) is 0. The van der Waals surface area contributed by atoms with E-state index >= 15 is 0 Å². The number of hydrogen-bond donors (Lipinski definition) is 2. The molecule has 0 saturated carbocycles. The van der Waals surface area contributed by atoms with Crippen molar-refractivity contribution >= 4 is 39.7 Å². The summed E-state index contributed by atoms with van der Waals surface area (Å²) in [6.45, 7) is 4.02. The molecule has 1 heterocycles. The van der Waals surface area contributed by atoms with Crippen LogP contribution >= 0.6 is 22.9 Å². The SMILES string of the molecule is Cc1ccc(C)c(-c2nc(Nc3ccc(Cl)cc3)sc2CC(=O)O)c1. The van der Waals surface area contributed by atoms with E-state index in [0.29, 0.717) is 10.2 Å². The number of benzene rings is 2. The van der Waals surface area contributed by atoms with Gasteiger partial charge in [-0.05, 0) is 49.7 Å². The molecule has 3 rings (SSSR count). The fourth-order valence-electron chi connectivity index (χ4n) is 2.52. The molecule has 25 heavy (non-hydrogen) atoms. The van der Waals surface area contributed by atoms with Crippen LogP contribution in [0.15, 0.2) is 42.5 Å². The monoisotopic (exact) mass is 372 g/mol. The van der Waals surface area contributed by atoms with Gasteiger partial charge in [-0.1, -0.05) is 29.3 Å². The van der Waals surface area contributed by atoms with Gasteiger partial charge >= 0.3 is 5.97 Å². The van der Waals surface area contributed by atoms with Crippen LogP contribution in [0.2, 0.25) is 5.02 Å². The highest BCUT2D eigenvalue weighted by molar-refractivity contribution is 7.16. The van der Waals surface area contributed by atoms with Crippen molar-refractivity contribution in [2.75, 3.05) is 5.32 Å². The molecule has 0 unspecified atom stereocenters. The van der Waals surface area contributed by atoms with Gasteiger partial charge in [0.1, 0.15) is 0 Å². The van der Waals surface area contributed by atoms with Gasteiger partial charge in [0.25, 0.3) is 0 Å². The second-order valence-electron chi connectivity index (χ2n) is 5.81. The highest BCUT2D eigenvalue weighted by Crippen LogP contribution is 2.35. The maximum Gasteiger partial charge on any atom is 0.308 e. The molecule has 0 spiro atoms. The molecule has 3 aromatic rings. The molecule has 2 N–H and O–H groups in total. The van der Waals surface area contributed by atoms with E-state index in [-0.39, 0.29) is 6.42 Å². The Labute approximate surface area is 155 Å². The molecule has 0 fully saturated rings. The molecule has 0 saturated heterocycles. The number of nitrogens with one attached hydrogen (secondary N) is 1. The highest BCUT2D eigenvalue weighted by atomic mass is 35.5. The van der Waals surface area contributed by atoms with E-state index in [1.165, 1.54) is 11.3 Å². The van der Waals surface area contributed by atoms with Gasteiger partial charge in [0.2, 0.25) is 0 Å². The number of aliphatic carboxylic acids is 1. The largest absolute Gasteiger partial charge is 0.481 e. The van der Waals surface area contributed by atoms with Crippen LogP contribution in [0.25, 0.3) is 11.3 Å². The number of halogens is 1. The Morgan fingerprint density at radius 1 is 1.20 bits per heavy atom. The third kappa shape index (κ3) is 4.18. The number of anilines is 2. The van der Waals surface area contributed by atoms with Crippen molar-refractivity contribution in [3.63, 3.8) is 0 Å². The van der Waals surface area contributed by atoms with Gasteiger partial charge in [0.15, 0.2) is 5.13 Å². The van der Waals surface area contributed by atoms with Gasteiger partial charge < -0.3 is 10.4 Å². The number of carboxylic acid groups (broad SMARTS) is 1. The van der Waals surface area contributed by atoms with Gasteiger partial charge in [-0.2, -0.15) is 0 Å². The number of aryl methyl sites for hydroxylation is 2. The minimum absolute atomic E-state index is 0.0529. The van der Waals surface area contributed by atoms with E-state index in [9.17, 15) is 9.90 Å². The minimum Gasteiger partial charge on any atom is -0.481 e. The molecule has 0 amide bonds. The number of carboxylic acids is 1. The predicted octanol–water partition coefficient (Wildman–Crippen LogP) is 5.45. The van der Waals surface area contributed by atoms with Crippen molar-refractivity contribution in [3.8, 4) is 11.3 Å². The number of thiazole rings is 1. The Bertz CT molecular complexity index is 920. The summed E-state index contributed by atoms with van der Waals surface area (Å²) in [6.07, 6.45) is -0.0529. The average molecular weight is 373 g/mol. The van der Waals surface area contributed by atoms with Crippen LogP contribution in [-0.2, 0) is 11.2 Å². The number of aromatic nitrogens is 1. The Morgan fingerprint density at radius 2 is 1.92 bits per heavy atom. The zero-order chi connectivity index (χ0) is 18.0. The zero-order valence-electron chi connectivity index (χ0n) is 13.8. The van der Waals surface area contributed by atoms with Crippen LogP contribution in [0.1, 0.15) is 16.0 Å². The number of carbonyl (C=O) groups is 1. The summed E-state index contributed by atoms with van der Waals surface area (Å²) >= 11 is 7.27. The third-order valence-corrected chi connectivity index (χ3v) is 4.98. The third-order valence-electron chi connectivity index (χ3n) is 3.75. The molecule has 0 aliphatic carbocycles. The molecule has 0 bridgehead atoms. The fraction of sp³-hybridized carbons (Fsp3) is 0.158. The van der Waals surface area contributed by atoms with Crippen LogP contribution < -0.4 is 5.32 Å². The summed E-state index contributed by atoms with van der Waals surface area (Å²) in [5.74, 6) is -0.867. The van der Waals surface area contributed by atoms with Gasteiger partial charge in [-0.25, -0.2) is 4.98 Å². The van der Waals surface area contributed by atoms with Crippen molar-refractivity contribution in [2.45, 2.75) is 20.3 Å². The molecule has 0 aliphatic rings. The van der Waals surface area contributed by atoms with Gasteiger partial charge in [0.05, 0.1) is 12.1 Å². The lowest BCUT2D eigenvalue weighted by atomic mass is 10.0. The first-order chi connectivity index (χ1) is 11.9. The molecular formula is C19H17ClN2O2S. The maximum absolute atomic E-state index is 11.3. The second kappa shape index (κ2) is 7.25. The number of nitrogens with zero attached hydrogens (tertiary/aromatic N) is 1. The van der Waals surface area contributed by atoms with E-state index in [1.54, 1.807) is 12.1 Å². The van der Waals surface area contributed by atoms with Crippen LogP contribution in [0.3, 0.4) is 0 Å². The normalized spacial score (nSPS) is 10.7. The second-order valence-corrected chi connectivity index (χ2v) is 7.33. The molecule has 0 aliphatic heterocycles. The number of rotatable bonds is 5. The Hall–Kier alpha value is -2.37. The summed E-state index contributed by atoms with van der Waals surface area (Å²) in [5, 5.41) is 13.8. The Kier molecular flexibility index (Phi) is 5.06. The molecule has 0 atom stereocenters. The smallest absolute Gasteiger partial charge is 0.308 e. The van der Waals surface area contributed by atoms with E-state index < -0.39 is 5.97 Å². The highest BCUT2D eigenvalue weighted by Gasteiger charge is 2.17. The quantitative estimate of drug-likeness (QED) is 0.625. The maximum atomic E-state index is 11.3. The molecule has 6 heteroatoms. The van der Waals surface area contributed by atoms with E-state index in [2.05, 4.69) is 10.3 Å². The lowest BCUT2D eigenvalue weighted by molar-refractivity contribution is -0.136. The van der Waals surface area contributed by atoms with Crippen LogP contribution in [0.5, 0.6) is 0 Å². The summed E-state index contributed by atoms with van der Waals surface area (Å²) in [6, 6.07) is 13.4. The van der Waals surface area contributed by atoms with Crippen molar-refractivity contribution in [2.24, 2.45) is 0 Å². The Morgan fingerprint density at radius 3 is 2.60 bits per heavy atom. The first kappa shape index (κ1) is 17.5.